The van der Waals surface area contributed by atoms with Gasteiger partial charge >= 0.3 is 11.8 Å². The van der Waals surface area contributed by atoms with Gasteiger partial charge in [-0.2, -0.15) is 0 Å². The van der Waals surface area contributed by atoms with Crippen LogP contribution in [0.5, 0.6) is 5.75 Å². The first kappa shape index (κ1) is 21.4. The van der Waals surface area contributed by atoms with Crippen molar-refractivity contribution in [2.24, 2.45) is 7.05 Å². The van der Waals surface area contributed by atoms with Crippen LogP contribution in [0.4, 0.5) is 0 Å². The standard InChI is InChI=1S/C23H28N4O3/c1-26(2)20(18-15-27(3)19-11-7-6-10-17(18)19)14-25-23(29)22(28)24-13-16-9-5-8-12-21(16)30-4/h5-12,15,20H,13-14H2,1-4H3,(H,24,28)(H,25,29). The van der Waals surface area contributed by atoms with E-state index in [-0.39, 0.29) is 12.6 Å². The number of para-hydroxylation sites is 2. The third-order valence-corrected chi connectivity index (χ3v) is 5.20. The summed E-state index contributed by atoms with van der Waals surface area (Å²) in [4.78, 5) is 26.7. The molecule has 3 aromatic rings. The second-order valence-corrected chi connectivity index (χ2v) is 7.40. The first-order valence-corrected chi connectivity index (χ1v) is 9.80. The van der Waals surface area contributed by atoms with Crippen LogP contribution in [0.15, 0.2) is 54.7 Å². The van der Waals surface area contributed by atoms with Crippen LogP contribution < -0.4 is 15.4 Å². The summed E-state index contributed by atoms with van der Waals surface area (Å²) in [6, 6.07) is 15.4. The summed E-state index contributed by atoms with van der Waals surface area (Å²) in [5.41, 5.74) is 3.04. The number of amides is 2. The monoisotopic (exact) mass is 408 g/mol. The summed E-state index contributed by atoms with van der Waals surface area (Å²) >= 11 is 0. The van der Waals surface area contributed by atoms with Crippen LogP contribution in [-0.4, -0.2) is 49.0 Å². The first-order chi connectivity index (χ1) is 14.4. The molecule has 0 aliphatic heterocycles. The molecule has 0 bridgehead atoms. The Morgan fingerprint density at radius 1 is 1.03 bits per heavy atom. The number of aromatic nitrogens is 1. The lowest BCUT2D eigenvalue weighted by Crippen LogP contribution is -2.42. The van der Waals surface area contributed by atoms with Crippen molar-refractivity contribution in [3.05, 3.63) is 65.9 Å². The smallest absolute Gasteiger partial charge is 0.309 e. The number of methoxy groups -OCH3 is 1. The zero-order valence-corrected chi connectivity index (χ0v) is 17.8. The van der Waals surface area contributed by atoms with Gasteiger partial charge in [-0.05, 0) is 31.8 Å². The van der Waals surface area contributed by atoms with Crippen LogP contribution in [0.25, 0.3) is 10.9 Å². The van der Waals surface area contributed by atoms with Gasteiger partial charge in [-0.1, -0.05) is 36.4 Å². The highest BCUT2D eigenvalue weighted by Crippen LogP contribution is 2.28. The molecule has 1 heterocycles. The second-order valence-electron chi connectivity index (χ2n) is 7.40. The number of benzene rings is 2. The average molecular weight is 409 g/mol. The van der Waals surface area contributed by atoms with Crippen molar-refractivity contribution >= 4 is 22.7 Å². The molecule has 3 rings (SSSR count). The Morgan fingerprint density at radius 3 is 2.43 bits per heavy atom. The lowest BCUT2D eigenvalue weighted by Gasteiger charge is -2.24. The van der Waals surface area contributed by atoms with Gasteiger partial charge in [0.05, 0.1) is 13.2 Å². The highest BCUT2D eigenvalue weighted by molar-refractivity contribution is 6.35. The molecule has 1 atom stereocenters. The Morgan fingerprint density at radius 2 is 1.70 bits per heavy atom. The van der Waals surface area contributed by atoms with Crippen LogP contribution in [-0.2, 0) is 23.2 Å². The molecule has 1 aromatic heterocycles. The molecule has 0 fully saturated rings. The Balaban J connectivity index is 1.64. The summed E-state index contributed by atoms with van der Waals surface area (Å²) in [7, 11) is 7.49. The third kappa shape index (κ3) is 4.63. The van der Waals surface area contributed by atoms with E-state index >= 15 is 0 Å². The molecule has 2 aromatic carbocycles. The van der Waals surface area contributed by atoms with Crippen LogP contribution in [0.3, 0.4) is 0 Å². The molecule has 30 heavy (non-hydrogen) atoms. The van der Waals surface area contributed by atoms with E-state index in [1.165, 1.54) is 0 Å². The summed E-state index contributed by atoms with van der Waals surface area (Å²) in [5.74, 6) is -0.657. The Labute approximate surface area is 176 Å². The summed E-state index contributed by atoms with van der Waals surface area (Å²) in [5, 5.41) is 6.55. The van der Waals surface area contributed by atoms with E-state index in [1.54, 1.807) is 7.11 Å². The molecule has 1 unspecified atom stereocenters. The largest absolute Gasteiger partial charge is 0.496 e. The first-order valence-electron chi connectivity index (χ1n) is 9.80. The maximum Gasteiger partial charge on any atom is 0.309 e. The topological polar surface area (TPSA) is 75.6 Å². The van der Waals surface area contributed by atoms with E-state index in [0.717, 1.165) is 22.0 Å². The van der Waals surface area contributed by atoms with E-state index in [2.05, 4.69) is 33.5 Å². The van der Waals surface area contributed by atoms with Gasteiger partial charge in [-0.15, -0.1) is 0 Å². The lowest BCUT2D eigenvalue weighted by atomic mass is 10.0. The van der Waals surface area contributed by atoms with Gasteiger partial charge in [-0.25, -0.2) is 0 Å². The van der Waals surface area contributed by atoms with E-state index in [0.29, 0.717) is 12.3 Å². The number of rotatable bonds is 7. The fourth-order valence-corrected chi connectivity index (χ4v) is 3.58. The number of fused-ring (bicyclic) bond motifs is 1. The van der Waals surface area contributed by atoms with Crippen molar-refractivity contribution in [3.63, 3.8) is 0 Å². The predicted molar refractivity (Wildman–Crippen MR) is 117 cm³/mol. The van der Waals surface area contributed by atoms with Crippen LogP contribution in [0.1, 0.15) is 17.2 Å². The molecule has 7 heteroatoms. The fraction of sp³-hybridized carbons (Fsp3) is 0.304. The van der Waals surface area contributed by atoms with Crippen molar-refractivity contribution in [1.29, 1.82) is 0 Å². The minimum atomic E-state index is -0.670. The molecule has 0 aliphatic rings. The Kier molecular flexibility index (Phi) is 6.74. The molecule has 0 saturated carbocycles. The van der Waals surface area contributed by atoms with Crippen molar-refractivity contribution in [1.82, 2.24) is 20.1 Å². The molecule has 0 spiro atoms. The highest BCUT2D eigenvalue weighted by atomic mass is 16.5. The van der Waals surface area contributed by atoms with Gasteiger partial charge in [0.1, 0.15) is 5.75 Å². The molecule has 0 saturated heterocycles. The normalized spacial score (nSPS) is 12.0. The number of aryl methyl sites for hydroxylation is 1. The average Bonchev–Trinajstić information content (AvgIpc) is 3.08. The Hall–Kier alpha value is -3.32. The zero-order valence-electron chi connectivity index (χ0n) is 17.8. The molecular formula is C23H28N4O3. The van der Waals surface area contributed by atoms with Crippen LogP contribution in [0.2, 0.25) is 0 Å². The minimum absolute atomic E-state index is 0.0675. The predicted octanol–water partition coefficient (Wildman–Crippen LogP) is 2.22. The lowest BCUT2D eigenvalue weighted by molar-refractivity contribution is -0.139. The van der Waals surface area contributed by atoms with E-state index < -0.39 is 11.8 Å². The molecule has 0 radical (unpaired) electrons. The van der Waals surface area contributed by atoms with Gasteiger partial charge in [0.15, 0.2) is 0 Å². The van der Waals surface area contributed by atoms with Gasteiger partial charge in [-0.3, -0.25) is 9.59 Å². The zero-order chi connectivity index (χ0) is 21.7. The van der Waals surface area contributed by atoms with Crippen molar-refractivity contribution in [3.8, 4) is 5.75 Å². The fourth-order valence-electron chi connectivity index (χ4n) is 3.58. The van der Waals surface area contributed by atoms with Gasteiger partial charge in [0.25, 0.3) is 0 Å². The second kappa shape index (κ2) is 9.45. The molecule has 7 nitrogen and oxygen atoms in total. The number of hydrogen-bond acceptors (Lipinski definition) is 4. The van der Waals surface area contributed by atoms with Gasteiger partial charge < -0.3 is 24.8 Å². The number of likely N-dealkylation sites (N-methyl/N-ethyl adjacent to an activating group) is 1. The van der Waals surface area contributed by atoms with Gasteiger partial charge in [0, 0.05) is 42.8 Å². The number of hydrogen-bond donors (Lipinski definition) is 2. The maximum absolute atomic E-state index is 12.4. The molecule has 0 aliphatic carbocycles. The minimum Gasteiger partial charge on any atom is -0.496 e. The van der Waals surface area contributed by atoms with E-state index in [9.17, 15) is 9.59 Å². The SMILES string of the molecule is COc1ccccc1CNC(=O)C(=O)NCC(c1cn(C)c2ccccc12)N(C)C. The molecule has 158 valence electrons. The highest BCUT2D eigenvalue weighted by Gasteiger charge is 2.22. The Bertz CT molecular complexity index is 1040. The van der Waals surface area contributed by atoms with Crippen LogP contribution in [0, 0.1) is 0 Å². The van der Waals surface area contributed by atoms with Crippen molar-refractivity contribution in [2.75, 3.05) is 27.7 Å². The van der Waals surface area contributed by atoms with Crippen molar-refractivity contribution < 1.29 is 14.3 Å². The number of nitrogens with zero attached hydrogens (tertiary/aromatic N) is 2. The van der Waals surface area contributed by atoms with Crippen molar-refractivity contribution in [2.45, 2.75) is 12.6 Å². The summed E-state index contributed by atoms with van der Waals surface area (Å²) < 4.78 is 7.34. The third-order valence-electron chi connectivity index (χ3n) is 5.20. The summed E-state index contributed by atoms with van der Waals surface area (Å²) in [6.07, 6.45) is 2.07. The molecular weight excluding hydrogens is 380 g/mol. The van der Waals surface area contributed by atoms with Gasteiger partial charge in [0.2, 0.25) is 0 Å². The number of carbonyl (C=O) groups is 2. The quantitative estimate of drug-likeness (QED) is 0.588. The number of nitrogens with one attached hydrogen (secondary N) is 2. The van der Waals surface area contributed by atoms with Crippen LogP contribution >= 0.6 is 0 Å². The molecule has 2 N–H and O–H groups in total. The number of ether oxygens (including phenoxy) is 1. The van der Waals surface area contributed by atoms with E-state index in [4.69, 9.17) is 4.74 Å². The number of carbonyl (C=O) groups excluding carboxylic acids is 2. The summed E-state index contributed by atoms with van der Waals surface area (Å²) in [6.45, 7) is 0.540. The molecule has 2 amide bonds. The van der Waals surface area contributed by atoms with E-state index in [1.807, 2.05) is 62.4 Å². The maximum atomic E-state index is 12.4.